The van der Waals surface area contributed by atoms with E-state index in [0.717, 1.165) is 68.9 Å². The maximum absolute atomic E-state index is 11.6. The first-order valence-corrected chi connectivity index (χ1v) is 11.1. The van der Waals surface area contributed by atoms with Crippen LogP contribution in [0.5, 0.6) is 0 Å². The highest BCUT2D eigenvalue weighted by Gasteiger charge is 2.22. The number of hydrogen-bond acceptors (Lipinski definition) is 5. The highest BCUT2D eigenvalue weighted by molar-refractivity contribution is 5.78. The highest BCUT2D eigenvalue weighted by Crippen LogP contribution is 2.31. The van der Waals surface area contributed by atoms with Gasteiger partial charge in [0.25, 0.3) is 0 Å². The van der Waals surface area contributed by atoms with Crippen LogP contribution in [0, 0.1) is 0 Å². The molecule has 0 amide bonds. The van der Waals surface area contributed by atoms with Crippen molar-refractivity contribution in [3.63, 3.8) is 0 Å². The van der Waals surface area contributed by atoms with Gasteiger partial charge < -0.3 is 9.69 Å². The molecule has 5 heteroatoms. The number of carbonyl (C=O) groups excluding carboxylic acids is 3. The molecule has 1 aliphatic rings. The molecular weight excluding hydrogens is 388 g/mol. The zero-order valence-electron chi connectivity index (χ0n) is 18.5. The summed E-state index contributed by atoms with van der Waals surface area (Å²) in [5, 5.41) is 0. The number of rotatable bonds is 10. The SMILES string of the molecule is CCCC(C=O)N(C)Cc1cc(N2CCC(c3ccc(C=O)cc3)CC2)ccc1C=O. The van der Waals surface area contributed by atoms with Crippen LogP contribution in [0.3, 0.4) is 0 Å². The lowest BCUT2D eigenvalue weighted by atomic mass is 9.88. The van der Waals surface area contributed by atoms with E-state index in [4.69, 9.17) is 0 Å². The summed E-state index contributed by atoms with van der Waals surface area (Å²) in [6.45, 7) is 4.54. The van der Waals surface area contributed by atoms with Gasteiger partial charge in [0.15, 0.2) is 0 Å². The number of nitrogens with zero attached hydrogens (tertiary/aromatic N) is 2. The minimum atomic E-state index is -0.130. The zero-order chi connectivity index (χ0) is 22.2. The van der Waals surface area contributed by atoms with Crippen LogP contribution in [0.25, 0.3) is 0 Å². The van der Waals surface area contributed by atoms with Gasteiger partial charge in [-0.25, -0.2) is 0 Å². The Balaban J connectivity index is 1.69. The number of anilines is 1. The maximum atomic E-state index is 11.6. The number of likely N-dealkylation sites (N-methyl/N-ethyl adjacent to an activating group) is 1. The Morgan fingerprint density at radius 2 is 1.74 bits per heavy atom. The molecular formula is C26H32N2O3. The largest absolute Gasteiger partial charge is 0.371 e. The monoisotopic (exact) mass is 420 g/mol. The van der Waals surface area contributed by atoms with E-state index in [1.807, 2.05) is 36.2 Å². The number of piperidine rings is 1. The quantitative estimate of drug-likeness (QED) is 0.530. The second-order valence-corrected chi connectivity index (χ2v) is 8.45. The minimum absolute atomic E-state index is 0.130. The summed E-state index contributed by atoms with van der Waals surface area (Å²) in [7, 11) is 1.94. The molecule has 5 nitrogen and oxygen atoms in total. The van der Waals surface area contributed by atoms with Gasteiger partial charge in [0.05, 0.1) is 6.04 Å². The van der Waals surface area contributed by atoms with E-state index in [2.05, 4.69) is 30.0 Å². The second kappa shape index (κ2) is 11.0. The standard InChI is InChI=1S/C26H32N2O3/c1-3-4-26(19-31)27(2)16-24-15-25(10-9-23(24)18-30)28-13-11-22(12-14-28)21-7-5-20(17-29)6-8-21/h5-10,15,17-19,22,26H,3-4,11-14,16H2,1-2H3. The third kappa shape index (κ3) is 5.67. The lowest BCUT2D eigenvalue weighted by Gasteiger charge is -2.34. The van der Waals surface area contributed by atoms with Crippen LogP contribution in [0.2, 0.25) is 0 Å². The summed E-state index contributed by atoms with van der Waals surface area (Å²) in [6, 6.07) is 13.8. The Morgan fingerprint density at radius 1 is 1.03 bits per heavy atom. The van der Waals surface area contributed by atoms with Gasteiger partial charge in [-0.1, -0.05) is 37.6 Å². The van der Waals surface area contributed by atoms with Crippen molar-refractivity contribution in [2.45, 2.75) is 51.1 Å². The average Bonchev–Trinajstić information content (AvgIpc) is 2.82. The molecule has 1 atom stereocenters. The first-order valence-electron chi connectivity index (χ1n) is 11.1. The van der Waals surface area contributed by atoms with E-state index < -0.39 is 0 Å². The molecule has 0 aromatic heterocycles. The van der Waals surface area contributed by atoms with Crippen molar-refractivity contribution in [3.8, 4) is 0 Å². The molecule has 1 saturated heterocycles. The highest BCUT2D eigenvalue weighted by atomic mass is 16.1. The molecule has 164 valence electrons. The van der Waals surface area contributed by atoms with Crippen LogP contribution in [-0.2, 0) is 11.3 Å². The summed E-state index contributed by atoms with van der Waals surface area (Å²) < 4.78 is 0. The van der Waals surface area contributed by atoms with Gasteiger partial charge in [-0.15, -0.1) is 0 Å². The molecule has 0 bridgehead atoms. The third-order valence-electron chi connectivity index (χ3n) is 6.39. The van der Waals surface area contributed by atoms with Crippen LogP contribution < -0.4 is 4.90 Å². The van der Waals surface area contributed by atoms with Crippen LogP contribution in [0.4, 0.5) is 5.69 Å². The number of carbonyl (C=O) groups is 3. The number of hydrogen-bond donors (Lipinski definition) is 0. The molecule has 2 aromatic carbocycles. The van der Waals surface area contributed by atoms with Gasteiger partial charge >= 0.3 is 0 Å². The smallest absolute Gasteiger partial charge is 0.150 e. The van der Waals surface area contributed by atoms with E-state index in [9.17, 15) is 14.4 Å². The van der Waals surface area contributed by atoms with Crippen LogP contribution in [-0.4, -0.2) is 49.9 Å². The van der Waals surface area contributed by atoms with Gasteiger partial charge in [-0.2, -0.15) is 0 Å². The number of benzene rings is 2. The molecule has 3 rings (SSSR count). The molecule has 0 aliphatic carbocycles. The fraction of sp³-hybridized carbons (Fsp3) is 0.423. The topological polar surface area (TPSA) is 57.7 Å². The average molecular weight is 421 g/mol. The normalized spacial score (nSPS) is 15.6. The molecule has 0 saturated carbocycles. The van der Waals surface area contributed by atoms with E-state index >= 15 is 0 Å². The van der Waals surface area contributed by atoms with Crippen molar-refractivity contribution < 1.29 is 14.4 Å². The van der Waals surface area contributed by atoms with E-state index in [1.54, 1.807) is 0 Å². The van der Waals surface area contributed by atoms with Crippen molar-refractivity contribution in [1.29, 1.82) is 0 Å². The maximum Gasteiger partial charge on any atom is 0.150 e. The van der Waals surface area contributed by atoms with E-state index in [-0.39, 0.29) is 6.04 Å². The van der Waals surface area contributed by atoms with Gasteiger partial charge in [0.2, 0.25) is 0 Å². The van der Waals surface area contributed by atoms with Crippen molar-refractivity contribution >= 4 is 24.5 Å². The van der Waals surface area contributed by atoms with Gasteiger partial charge in [0, 0.05) is 36.4 Å². The summed E-state index contributed by atoms with van der Waals surface area (Å²) in [4.78, 5) is 38.3. The van der Waals surface area contributed by atoms with E-state index in [0.29, 0.717) is 23.6 Å². The fourth-order valence-corrected chi connectivity index (χ4v) is 4.43. The molecule has 0 radical (unpaired) electrons. The molecule has 1 aliphatic heterocycles. The Hall–Kier alpha value is -2.79. The molecule has 0 N–H and O–H groups in total. The minimum Gasteiger partial charge on any atom is -0.371 e. The first-order chi connectivity index (χ1) is 15.1. The van der Waals surface area contributed by atoms with Crippen LogP contribution >= 0.6 is 0 Å². The zero-order valence-corrected chi connectivity index (χ0v) is 18.5. The first kappa shape index (κ1) is 22.9. The predicted octanol–water partition coefficient (Wildman–Crippen LogP) is 4.50. The Morgan fingerprint density at radius 3 is 2.32 bits per heavy atom. The van der Waals surface area contributed by atoms with E-state index in [1.165, 1.54) is 5.56 Å². The third-order valence-corrected chi connectivity index (χ3v) is 6.39. The van der Waals surface area contributed by atoms with Crippen molar-refractivity contribution in [1.82, 2.24) is 4.90 Å². The second-order valence-electron chi connectivity index (χ2n) is 8.45. The number of aldehydes is 3. The van der Waals surface area contributed by atoms with Crippen molar-refractivity contribution in [3.05, 3.63) is 64.7 Å². The molecule has 1 fully saturated rings. The van der Waals surface area contributed by atoms with Gasteiger partial charge in [-0.3, -0.25) is 14.5 Å². The van der Waals surface area contributed by atoms with Crippen LogP contribution in [0.15, 0.2) is 42.5 Å². The Labute approximate surface area is 185 Å². The molecule has 31 heavy (non-hydrogen) atoms. The molecule has 2 aromatic rings. The van der Waals surface area contributed by atoms with Crippen LogP contribution in [0.1, 0.15) is 70.4 Å². The summed E-state index contributed by atoms with van der Waals surface area (Å²) in [6.07, 6.45) is 6.64. The Kier molecular flexibility index (Phi) is 8.13. The predicted molar refractivity (Wildman–Crippen MR) is 124 cm³/mol. The molecule has 1 unspecified atom stereocenters. The fourth-order valence-electron chi connectivity index (χ4n) is 4.43. The lowest BCUT2D eigenvalue weighted by Crippen LogP contribution is -2.34. The summed E-state index contributed by atoms with van der Waals surface area (Å²) in [5.41, 5.74) is 4.78. The summed E-state index contributed by atoms with van der Waals surface area (Å²) >= 11 is 0. The molecule has 0 spiro atoms. The lowest BCUT2D eigenvalue weighted by molar-refractivity contribution is -0.112. The summed E-state index contributed by atoms with van der Waals surface area (Å²) in [5.74, 6) is 0.499. The molecule has 1 heterocycles. The Bertz CT molecular complexity index is 886. The van der Waals surface area contributed by atoms with Crippen molar-refractivity contribution in [2.75, 3.05) is 25.0 Å². The van der Waals surface area contributed by atoms with Crippen molar-refractivity contribution in [2.24, 2.45) is 0 Å². The van der Waals surface area contributed by atoms with Gasteiger partial charge in [-0.05, 0) is 61.6 Å². The van der Waals surface area contributed by atoms with Gasteiger partial charge in [0.1, 0.15) is 18.9 Å².